The van der Waals surface area contributed by atoms with E-state index in [1.54, 1.807) is 12.0 Å². The number of ether oxygens (including phenoxy) is 2. The molecule has 0 spiro atoms. The summed E-state index contributed by atoms with van der Waals surface area (Å²) in [5, 5.41) is 3.02. The van der Waals surface area contributed by atoms with Crippen LogP contribution in [-0.4, -0.2) is 43.1 Å². The fourth-order valence-corrected chi connectivity index (χ4v) is 3.78. The summed E-state index contributed by atoms with van der Waals surface area (Å²) < 4.78 is 10.9. The molecular weight excluding hydrogens is 392 g/mol. The van der Waals surface area contributed by atoms with Gasteiger partial charge in [0, 0.05) is 25.6 Å². The molecule has 0 unspecified atom stereocenters. The Morgan fingerprint density at radius 3 is 2.42 bits per heavy atom. The van der Waals surface area contributed by atoms with Gasteiger partial charge < -0.3 is 19.7 Å². The normalized spacial score (nSPS) is 16.7. The second-order valence-corrected chi connectivity index (χ2v) is 8.16. The van der Waals surface area contributed by atoms with E-state index >= 15 is 0 Å². The van der Waals surface area contributed by atoms with Crippen molar-refractivity contribution in [3.05, 3.63) is 65.7 Å². The van der Waals surface area contributed by atoms with Gasteiger partial charge in [0.05, 0.1) is 13.2 Å². The highest BCUT2D eigenvalue weighted by molar-refractivity contribution is 5.89. The monoisotopic (exact) mass is 424 g/mol. The lowest BCUT2D eigenvalue weighted by Crippen LogP contribution is -2.46. The Bertz CT molecular complexity index is 846. The van der Waals surface area contributed by atoms with Crippen LogP contribution in [0, 0.1) is 5.92 Å². The number of rotatable bonds is 9. The van der Waals surface area contributed by atoms with Crippen molar-refractivity contribution in [2.45, 2.75) is 45.4 Å². The zero-order valence-electron chi connectivity index (χ0n) is 18.5. The molecule has 2 aromatic rings. The average Bonchev–Trinajstić information content (AvgIpc) is 3.31. The lowest BCUT2D eigenvalue weighted by molar-refractivity contribution is -0.144. The van der Waals surface area contributed by atoms with E-state index in [1.807, 2.05) is 68.4 Å². The Morgan fingerprint density at radius 2 is 1.84 bits per heavy atom. The maximum atomic E-state index is 13.4. The molecule has 31 heavy (non-hydrogen) atoms. The predicted molar refractivity (Wildman–Crippen MR) is 120 cm³/mol. The van der Waals surface area contributed by atoms with Crippen LogP contribution in [0.5, 0.6) is 5.75 Å². The Hall–Kier alpha value is -2.86. The van der Waals surface area contributed by atoms with Crippen LogP contribution in [0.15, 0.2) is 54.6 Å². The molecule has 1 saturated heterocycles. The predicted octanol–water partition coefficient (Wildman–Crippen LogP) is 3.72. The molecular formula is C25H32N2O4. The Morgan fingerprint density at radius 1 is 1.13 bits per heavy atom. The summed E-state index contributed by atoms with van der Waals surface area (Å²) in [7, 11) is 1.62. The third-order valence-electron chi connectivity index (χ3n) is 5.49. The first kappa shape index (κ1) is 22.8. The summed E-state index contributed by atoms with van der Waals surface area (Å²) in [5.74, 6) is 0.246. The fourth-order valence-electron chi connectivity index (χ4n) is 3.78. The van der Waals surface area contributed by atoms with E-state index in [4.69, 9.17) is 9.47 Å². The molecule has 2 aromatic carbocycles. The number of nitrogens with one attached hydrogen (secondary N) is 1. The molecule has 0 radical (unpaired) electrons. The van der Waals surface area contributed by atoms with Gasteiger partial charge in [0.1, 0.15) is 11.8 Å². The smallest absolute Gasteiger partial charge is 0.247 e. The largest absolute Gasteiger partial charge is 0.497 e. The standard InChI is InChI=1S/C25H32N2O4/c1-18(2)25(29)27(17-19-11-13-21(30-3)14-12-19)23(20-8-5-4-6-9-20)24(28)26-16-22-10-7-15-31-22/h4-6,8-9,11-14,18,22-23H,7,10,15-17H2,1-3H3,(H,26,28)/t22-,23+/m0/s1. The molecule has 0 bridgehead atoms. The van der Waals surface area contributed by atoms with Crippen LogP contribution < -0.4 is 10.1 Å². The van der Waals surface area contributed by atoms with Crippen LogP contribution in [0.1, 0.15) is 43.9 Å². The highest BCUT2D eigenvalue weighted by Crippen LogP contribution is 2.26. The average molecular weight is 425 g/mol. The molecule has 1 N–H and O–H groups in total. The molecule has 0 aromatic heterocycles. The van der Waals surface area contributed by atoms with Gasteiger partial charge in [-0.2, -0.15) is 0 Å². The molecule has 6 heteroatoms. The summed E-state index contributed by atoms with van der Waals surface area (Å²) in [4.78, 5) is 28.3. The molecule has 2 amide bonds. The van der Waals surface area contributed by atoms with Crippen LogP contribution in [-0.2, 0) is 20.9 Å². The van der Waals surface area contributed by atoms with Gasteiger partial charge in [0.25, 0.3) is 0 Å². The van der Waals surface area contributed by atoms with Crippen molar-refractivity contribution in [1.29, 1.82) is 0 Å². The highest BCUT2D eigenvalue weighted by Gasteiger charge is 2.33. The first-order chi connectivity index (χ1) is 15.0. The summed E-state index contributed by atoms with van der Waals surface area (Å²) in [5.41, 5.74) is 1.72. The third-order valence-corrected chi connectivity index (χ3v) is 5.49. The number of carbonyl (C=O) groups is 2. The summed E-state index contributed by atoms with van der Waals surface area (Å²) in [6.07, 6.45) is 1.99. The van der Waals surface area contributed by atoms with Gasteiger partial charge in [-0.25, -0.2) is 0 Å². The van der Waals surface area contributed by atoms with Crippen molar-refractivity contribution in [3.63, 3.8) is 0 Å². The molecule has 1 aliphatic heterocycles. The van der Waals surface area contributed by atoms with Gasteiger partial charge in [-0.05, 0) is 36.1 Å². The summed E-state index contributed by atoms with van der Waals surface area (Å²) >= 11 is 0. The number of hydrogen-bond donors (Lipinski definition) is 1. The van der Waals surface area contributed by atoms with Crippen molar-refractivity contribution in [2.75, 3.05) is 20.3 Å². The third kappa shape index (κ3) is 6.07. The molecule has 1 heterocycles. The van der Waals surface area contributed by atoms with Crippen molar-refractivity contribution in [1.82, 2.24) is 10.2 Å². The van der Waals surface area contributed by atoms with Crippen LogP contribution in [0.3, 0.4) is 0 Å². The Balaban J connectivity index is 1.89. The number of carbonyl (C=O) groups excluding carboxylic acids is 2. The second kappa shape index (κ2) is 11.0. The summed E-state index contributed by atoms with van der Waals surface area (Å²) in [6, 6.07) is 16.3. The van der Waals surface area contributed by atoms with E-state index in [-0.39, 0.29) is 23.8 Å². The first-order valence-electron chi connectivity index (χ1n) is 10.9. The molecule has 1 fully saturated rings. The van der Waals surface area contributed by atoms with E-state index < -0.39 is 6.04 Å². The second-order valence-electron chi connectivity index (χ2n) is 8.16. The topological polar surface area (TPSA) is 67.9 Å². The van der Waals surface area contributed by atoms with E-state index in [1.165, 1.54) is 0 Å². The van der Waals surface area contributed by atoms with Crippen molar-refractivity contribution in [3.8, 4) is 5.75 Å². The van der Waals surface area contributed by atoms with Gasteiger partial charge in [0.15, 0.2) is 0 Å². The lowest BCUT2D eigenvalue weighted by Gasteiger charge is -2.33. The fraction of sp³-hybridized carbons (Fsp3) is 0.440. The Labute approximate surface area is 184 Å². The SMILES string of the molecule is COc1ccc(CN(C(=O)C(C)C)[C@@H](C(=O)NC[C@@H]2CCCO2)c2ccccc2)cc1. The van der Waals surface area contributed by atoms with Gasteiger partial charge in [0.2, 0.25) is 11.8 Å². The number of hydrogen-bond acceptors (Lipinski definition) is 4. The molecule has 0 aliphatic carbocycles. The van der Waals surface area contributed by atoms with E-state index in [9.17, 15) is 9.59 Å². The maximum Gasteiger partial charge on any atom is 0.247 e. The molecule has 166 valence electrons. The first-order valence-corrected chi connectivity index (χ1v) is 10.9. The van der Waals surface area contributed by atoms with Crippen LogP contribution in [0.25, 0.3) is 0 Å². The van der Waals surface area contributed by atoms with Crippen molar-refractivity contribution < 1.29 is 19.1 Å². The highest BCUT2D eigenvalue weighted by atomic mass is 16.5. The maximum absolute atomic E-state index is 13.4. The van der Waals surface area contributed by atoms with Crippen molar-refractivity contribution in [2.24, 2.45) is 5.92 Å². The number of nitrogens with zero attached hydrogens (tertiary/aromatic N) is 1. The lowest BCUT2D eigenvalue weighted by atomic mass is 10.0. The molecule has 0 saturated carbocycles. The summed E-state index contributed by atoms with van der Waals surface area (Å²) in [6.45, 7) is 5.23. The minimum Gasteiger partial charge on any atom is -0.497 e. The van der Waals surface area contributed by atoms with Gasteiger partial charge in [-0.15, -0.1) is 0 Å². The quantitative estimate of drug-likeness (QED) is 0.666. The van der Waals surface area contributed by atoms with Gasteiger partial charge in [-0.1, -0.05) is 56.3 Å². The number of amides is 2. The van der Waals surface area contributed by atoms with Gasteiger partial charge in [-0.3, -0.25) is 9.59 Å². The zero-order valence-corrected chi connectivity index (χ0v) is 18.5. The minimum absolute atomic E-state index is 0.0382. The van der Waals surface area contributed by atoms with Gasteiger partial charge >= 0.3 is 0 Å². The number of benzene rings is 2. The van der Waals surface area contributed by atoms with Crippen LogP contribution >= 0.6 is 0 Å². The van der Waals surface area contributed by atoms with Crippen molar-refractivity contribution >= 4 is 11.8 Å². The van der Waals surface area contributed by atoms with E-state index in [2.05, 4.69) is 5.32 Å². The Kier molecular flexibility index (Phi) is 8.06. The van der Waals surface area contributed by atoms with Crippen LogP contribution in [0.4, 0.5) is 0 Å². The van der Waals surface area contributed by atoms with Crippen LogP contribution in [0.2, 0.25) is 0 Å². The molecule has 2 atom stereocenters. The number of methoxy groups -OCH3 is 1. The molecule has 6 nitrogen and oxygen atoms in total. The molecule has 3 rings (SSSR count). The minimum atomic E-state index is -0.723. The zero-order chi connectivity index (χ0) is 22.2. The van der Waals surface area contributed by atoms with E-state index in [0.29, 0.717) is 13.1 Å². The van der Waals surface area contributed by atoms with E-state index in [0.717, 1.165) is 36.3 Å². The molecule has 1 aliphatic rings.